The van der Waals surface area contributed by atoms with Crippen LogP contribution < -0.4 is 4.72 Å². The minimum atomic E-state index is -4.00. The first-order valence-corrected chi connectivity index (χ1v) is 11.7. The Morgan fingerprint density at radius 1 is 1.03 bits per heavy atom. The molecule has 0 spiro atoms. The largest absolute Gasteiger partial charge is 0.328 e. The van der Waals surface area contributed by atoms with Crippen LogP contribution in [0.5, 0.6) is 0 Å². The van der Waals surface area contributed by atoms with Crippen molar-refractivity contribution in [1.29, 1.82) is 0 Å². The van der Waals surface area contributed by atoms with Gasteiger partial charge in [0.15, 0.2) is 0 Å². The predicted molar refractivity (Wildman–Crippen MR) is 115 cm³/mol. The van der Waals surface area contributed by atoms with Crippen LogP contribution in [0, 0.1) is 0 Å². The Kier molecular flexibility index (Phi) is 6.61. The molecule has 3 rings (SSSR count). The summed E-state index contributed by atoms with van der Waals surface area (Å²) in [7, 11) is -4.00. The molecule has 160 valence electrons. The van der Waals surface area contributed by atoms with E-state index in [0.717, 1.165) is 30.4 Å². The Labute approximate surface area is 178 Å². The number of unbranched alkanes of at least 4 members (excludes halogenated alkanes) is 1. The van der Waals surface area contributed by atoms with Crippen LogP contribution in [0.4, 0.5) is 0 Å². The number of nitrogens with one attached hydrogen (secondary N) is 1. The molecule has 30 heavy (non-hydrogen) atoms. The van der Waals surface area contributed by atoms with Crippen LogP contribution in [0.15, 0.2) is 59.5 Å². The van der Waals surface area contributed by atoms with Crippen LogP contribution in [-0.4, -0.2) is 37.2 Å². The standard InChI is InChI=1S/C23H28N2O4S/c1-3-4-8-18-11-13-20(14-12-18)30(28,29)24-22(27)23(2)15-16-25(23)21(26)17-19-9-6-5-7-10-19/h5-7,9-14H,3-4,8,15-17H2,1-2H3,(H,24,27). The minimum absolute atomic E-state index is 0.0428. The molecule has 1 fully saturated rings. The lowest BCUT2D eigenvalue weighted by atomic mass is 9.85. The second-order valence-corrected chi connectivity index (χ2v) is 9.60. The highest BCUT2D eigenvalue weighted by Crippen LogP contribution is 2.32. The number of carbonyl (C=O) groups excluding carboxylic acids is 2. The van der Waals surface area contributed by atoms with Crippen LogP contribution in [0.25, 0.3) is 0 Å². The molecule has 2 aromatic carbocycles. The van der Waals surface area contributed by atoms with Gasteiger partial charge in [0.05, 0.1) is 11.3 Å². The lowest BCUT2D eigenvalue weighted by molar-refractivity contribution is -0.156. The normalized spacial score (nSPS) is 18.5. The SMILES string of the molecule is CCCCc1ccc(S(=O)(=O)NC(=O)C2(C)CCN2C(=O)Cc2ccccc2)cc1. The summed E-state index contributed by atoms with van der Waals surface area (Å²) in [5.41, 5.74) is 0.749. The maximum Gasteiger partial charge on any atom is 0.264 e. The molecule has 1 N–H and O–H groups in total. The van der Waals surface area contributed by atoms with Gasteiger partial charge in [-0.1, -0.05) is 55.8 Å². The van der Waals surface area contributed by atoms with E-state index in [9.17, 15) is 18.0 Å². The maximum atomic E-state index is 12.8. The second kappa shape index (κ2) is 9.00. The van der Waals surface area contributed by atoms with E-state index in [-0.39, 0.29) is 17.2 Å². The van der Waals surface area contributed by atoms with E-state index in [4.69, 9.17) is 0 Å². The molecule has 1 unspecified atom stereocenters. The average Bonchev–Trinajstić information content (AvgIpc) is 2.71. The van der Waals surface area contributed by atoms with Crippen molar-refractivity contribution in [2.75, 3.05) is 6.54 Å². The van der Waals surface area contributed by atoms with Gasteiger partial charge in [0.25, 0.3) is 15.9 Å². The molecule has 2 aromatic rings. The first kappa shape index (κ1) is 22.0. The van der Waals surface area contributed by atoms with Gasteiger partial charge < -0.3 is 4.90 Å². The molecule has 1 aliphatic heterocycles. The number of rotatable bonds is 8. The van der Waals surface area contributed by atoms with Crippen LogP contribution in [0.2, 0.25) is 0 Å². The van der Waals surface area contributed by atoms with Gasteiger partial charge in [0.1, 0.15) is 5.54 Å². The zero-order chi connectivity index (χ0) is 21.8. The Morgan fingerprint density at radius 2 is 1.70 bits per heavy atom. The fraction of sp³-hybridized carbons (Fsp3) is 0.391. The van der Waals surface area contributed by atoms with Crippen LogP contribution >= 0.6 is 0 Å². The predicted octanol–water partition coefficient (Wildman–Crippen LogP) is 3.07. The molecular formula is C23H28N2O4S. The molecule has 1 aliphatic rings. The summed E-state index contributed by atoms with van der Waals surface area (Å²) in [4.78, 5) is 27.0. The summed E-state index contributed by atoms with van der Waals surface area (Å²) in [5.74, 6) is -0.868. The van der Waals surface area contributed by atoms with Gasteiger partial charge >= 0.3 is 0 Å². The quantitative estimate of drug-likeness (QED) is 0.700. The highest BCUT2D eigenvalue weighted by Gasteiger charge is 2.50. The molecule has 0 aliphatic carbocycles. The summed E-state index contributed by atoms with van der Waals surface area (Å²) < 4.78 is 27.5. The van der Waals surface area contributed by atoms with Crippen molar-refractivity contribution in [1.82, 2.24) is 9.62 Å². The number of aryl methyl sites for hydroxylation is 1. The molecule has 0 radical (unpaired) electrons. The highest BCUT2D eigenvalue weighted by atomic mass is 32.2. The van der Waals surface area contributed by atoms with E-state index >= 15 is 0 Å². The maximum absolute atomic E-state index is 12.8. The molecule has 1 heterocycles. The monoisotopic (exact) mass is 428 g/mol. The first-order valence-electron chi connectivity index (χ1n) is 10.3. The molecule has 6 nitrogen and oxygen atoms in total. The Balaban J connectivity index is 1.67. The highest BCUT2D eigenvalue weighted by molar-refractivity contribution is 7.90. The summed E-state index contributed by atoms with van der Waals surface area (Å²) in [6, 6.07) is 15.9. The zero-order valence-electron chi connectivity index (χ0n) is 17.4. The van der Waals surface area contributed by atoms with Crippen molar-refractivity contribution >= 4 is 21.8 Å². The van der Waals surface area contributed by atoms with Crippen LogP contribution in [0.1, 0.15) is 44.2 Å². The summed E-state index contributed by atoms with van der Waals surface area (Å²) in [5, 5.41) is 0. The molecule has 7 heteroatoms. The average molecular weight is 429 g/mol. The van der Waals surface area contributed by atoms with Gasteiger partial charge in [-0.15, -0.1) is 0 Å². The fourth-order valence-electron chi connectivity index (χ4n) is 3.57. The van der Waals surface area contributed by atoms with Crippen molar-refractivity contribution in [2.45, 2.75) is 56.4 Å². The van der Waals surface area contributed by atoms with Crippen molar-refractivity contribution in [3.05, 3.63) is 65.7 Å². The number of likely N-dealkylation sites (tertiary alicyclic amines) is 1. The van der Waals surface area contributed by atoms with Crippen molar-refractivity contribution in [3.63, 3.8) is 0 Å². The Morgan fingerprint density at radius 3 is 2.27 bits per heavy atom. The zero-order valence-corrected chi connectivity index (χ0v) is 18.2. The van der Waals surface area contributed by atoms with E-state index in [1.807, 2.05) is 30.3 Å². The Hall–Kier alpha value is -2.67. The summed E-state index contributed by atoms with van der Waals surface area (Å²) >= 11 is 0. The van der Waals surface area contributed by atoms with Gasteiger partial charge in [-0.25, -0.2) is 13.1 Å². The molecule has 2 amide bonds. The number of sulfonamides is 1. The van der Waals surface area contributed by atoms with Gasteiger partial charge in [0.2, 0.25) is 5.91 Å². The molecule has 0 bridgehead atoms. The molecule has 0 saturated carbocycles. The van der Waals surface area contributed by atoms with Gasteiger partial charge in [-0.3, -0.25) is 9.59 Å². The fourth-order valence-corrected chi connectivity index (χ4v) is 4.64. The van der Waals surface area contributed by atoms with E-state index in [1.54, 1.807) is 19.1 Å². The number of hydrogen-bond acceptors (Lipinski definition) is 4. The molecule has 0 aromatic heterocycles. The van der Waals surface area contributed by atoms with Gasteiger partial charge in [-0.2, -0.15) is 0 Å². The Bertz CT molecular complexity index is 1000. The van der Waals surface area contributed by atoms with Gasteiger partial charge in [-0.05, 0) is 49.4 Å². The first-order chi connectivity index (χ1) is 14.3. The number of amides is 2. The van der Waals surface area contributed by atoms with E-state index < -0.39 is 21.5 Å². The third-order valence-electron chi connectivity index (χ3n) is 5.69. The van der Waals surface area contributed by atoms with E-state index in [2.05, 4.69) is 11.6 Å². The summed E-state index contributed by atoms with van der Waals surface area (Å²) in [6.45, 7) is 4.14. The molecule has 1 saturated heterocycles. The van der Waals surface area contributed by atoms with Crippen molar-refractivity contribution in [3.8, 4) is 0 Å². The number of carbonyl (C=O) groups is 2. The van der Waals surface area contributed by atoms with Crippen molar-refractivity contribution < 1.29 is 18.0 Å². The minimum Gasteiger partial charge on any atom is -0.328 e. The number of hydrogen-bond donors (Lipinski definition) is 1. The third-order valence-corrected chi connectivity index (χ3v) is 7.03. The van der Waals surface area contributed by atoms with Gasteiger partial charge in [0, 0.05) is 6.54 Å². The summed E-state index contributed by atoms with van der Waals surface area (Å²) in [6.07, 6.45) is 3.59. The molecular weight excluding hydrogens is 400 g/mol. The van der Waals surface area contributed by atoms with Crippen molar-refractivity contribution in [2.24, 2.45) is 0 Å². The van der Waals surface area contributed by atoms with E-state index in [0.29, 0.717) is 13.0 Å². The lowest BCUT2D eigenvalue weighted by Crippen LogP contribution is -2.68. The van der Waals surface area contributed by atoms with E-state index in [1.165, 1.54) is 17.0 Å². The van der Waals surface area contributed by atoms with Crippen LogP contribution in [0.3, 0.4) is 0 Å². The lowest BCUT2D eigenvalue weighted by Gasteiger charge is -2.49. The van der Waals surface area contributed by atoms with Crippen LogP contribution in [-0.2, 0) is 32.5 Å². The second-order valence-electron chi connectivity index (χ2n) is 7.91. The molecule has 1 atom stereocenters. The smallest absolute Gasteiger partial charge is 0.264 e. The number of nitrogens with zero attached hydrogens (tertiary/aromatic N) is 1. The number of benzene rings is 2. The topological polar surface area (TPSA) is 83.6 Å². The third kappa shape index (κ3) is 4.73.